The Kier molecular flexibility index (Phi) is 9.57. The molecule has 2 aromatic carbocycles. The van der Waals surface area contributed by atoms with Gasteiger partial charge in [-0.3, -0.25) is 4.79 Å². The average Bonchev–Trinajstić information content (AvgIpc) is 3.42. The second-order valence-electron chi connectivity index (χ2n) is 9.37. The predicted octanol–water partition coefficient (Wildman–Crippen LogP) is 4.69. The summed E-state index contributed by atoms with van der Waals surface area (Å²) in [4.78, 5) is 15.3. The topological polar surface area (TPSA) is 78.5 Å². The SMILES string of the molecule is COc1cc2c(cc1OC)/C(=C\c1cc(OC)c(OC)c(OC)c1)C(C)=C2CC(=O)NC1CCN(C)C1.Cl. The summed E-state index contributed by atoms with van der Waals surface area (Å²) in [5.41, 5.74) is 5.81. The fourth-order valence-electron chi connectivity index (χ4n) is 5.18. The van der Waals surface area contributed by atoms with Crippen molar-refractivity contribution in [3.63, 3.8) is 0 Å². The van der Waals surface area contributed by atoms with Crippen molar-refractivity contribution in [3.05, 3.63) is 46.5 Å². The van der Waals surface area contributed by atoms with Crippen LogP contribution in [0.3, 0.4) is 0 Å². The zero-order chi connectivity index (χ0) is 26.7. The summed E-state index contributed by atoms with van der Waals surface area (Å²) in [7, 11) is 10.1. The molecule has 2 aromatic rings. The first kappa shape index (κ1) is 29.2. The Hall–Kier alpha value is -3.36. The van der Waals surface area contributed by atoms with Gasteiger partial charge >= 0.3 is 0 Å². The highest BCUT2D eigenvalue weighted by Gasteiger charge is 2.29. The summed E-state index contributed by atoms with van der Waals surface area (Å²) < 4.78 is 27.8. The van der Waals surface area contributed by atoms with Crippen molar-refractivity contribution < 1.29 is 28.5 Å². The van der Waals surface area contributed by atoms with Gasteiger partial charge in [-0.1, -0.05) is 0 Å². The van der Waals surface area contributed by atoms with E-state index < -0.39 is 0 Å². The number of hydrogen-bond acceptors (Lipinski definition) is 7. The highest BCUT2D eigenvalue weighted by atomic mass is 35.5. The van der Waals surface area contributed by atoms with Gasteiger partial charge in [0.1, 0.15) is 0 Å². The molecule has 1 aliphatic carbocycles. The lowest BCUT2D eigenvalue weighted by Gasteiger charge is -2.15. The van der Waals surface area contributed by atoms with Gasteiger partial charge in [0.05, 0.1) is 42.0 Å². The van der Waals surface area contributed by atoms with Crippen molar-refractivity contribution >= 4 is 35.5 Å². The monoisotopic (exact) mass is 544 g/mol. The van der Waals surface area contributed by atoms with Crippen LogP contribution >= 0.6 is 12.4 Å². The van der Waals surface area contributed by atoms with Crippen LogP contribution in [0.4, 0.5) is 0 Å². The number of nitrogens with one attached hydrogen (secondary N) is 1. The van der Waals surface area contributed by atoms with E-state index in [1.807, 2.05) is 24.3 Å². The smallest absolute Gasteiger partial charge is 0.224 e. The summed E-state index contributed by atoms with van der Waals surface area (Å²) in [5.74, 6) is 2.95. The molecular formula is C29H37ClN2O6. The fraction of sp³-hybridized carbons (Fsp3) is 0.414. The summed E-state index contributed by atoms with van der Waals surface area (Å²) >= 11 is 0. The van der Waals surface area contributed by atoms with E-state index in [9.17, 15) is 4.79 Å². The predicted molar refractivity (Wildman–Crippen MR) is 152 cm³/mol. The minimum Gasteiger partial charge on any atom is -0.493 e. The standard InChI is InChI=1S/C29H36N2O6.ClH/c1-17-20(10-18-11-26(35-5)29(37-7)27(12-18)36-6)22-13-24(33-3)25(34-4)14-23(22)21(17)15-28(32)30-19-8-9-31(2)16-19;/h10-14,19H,8-9,15-16H2,1-7H3,(H,30,32);1H/b20-10-;. The number of amides is 1. The minimum absolute atomic E-state index is 0. The number of benzene rings is 2. The van der Waals surface area contributed by atoms with Crippen LogP contribution < -0.4 is 29.0 Å². The molecule has 1 atom stereocenters. The Morgan fingerprint density at radius 2 is 1.50 bits per heavy atom. The van der Waals surface area contributed by atoms with E-state index in [1.54, 1.807) is 35.5 Å². The van der Waals surface area contributed by atoms with Crippen LogP contribution in [0.25, 0.3) is 17.2 Å². The molecule has 0 bridgehead atoms. The van der Waals surface area contributed by atoms with E-state index in [2.05, 4.69) is 30.3 Å². The van der Waals surface area contributed by atoms with Gasteiger partial charge in [0, 0.05) is 12.6 Å². The zero-order valence-electron chi connectivity index (χ0n) is 23.1. The van der Waals surface area contributed by atoms with Crippen molar-refractivity contribution in [1.82, 2.24) is 10.2 Å². The van der Waals surface area contributed by atoms with E-state index in [-0.39, 0.29) is 30.8 Å². The van der Waals surface area contributed by atoms with Crippen molar-refractivity contribution in [1.29, 1.82) is 0 Å². The Morgan fingerprint density at radius 3 is 2.00 bits per heavy atom. The number of rotatable bonds is 9. The van der Waals surface area contributed by atoms with Gasteiger partial charge in [0.15, 0.2) is 23.0 Å². The molecule has 1 saturated heterocycles. The number of methoxy groups -OCH3 is 5. The molecule has 4 rings (SSSR count). The van der Waals surface area contributed by atoms with E-state index >= 15 is 0 Å². The van der Waals surface area contributed by atoms with Crippen LogP contribution in [0.15, 0.2) is 29.8 Å². The van der Waals surface area contributed by atoms with Gasteiger partial charge < -0.3 is 33.9 Å². The number of hydrogen-bond donors (Lipinski definition) is 1. The number of carbonyl (C=O) groups excluding carboxylic acids is 1. The first-order valence-electron chi connectivity index (χ1n) is 12.3. The van der Waals surface area contributed by atoms with Gasteiger partial charge in [0.2, 0.25) is 11.7 Å². The molecular weight excluding hydrogens is 508 g/mol. The van der Waals surface area contributed by atoms with Crippen LogP contribution in [0, 0.1) is 0 Å². The van der Waals surface area contributed by atoms with Crippen LogP contribution in [0.1, 0.15) is 36.5 Å². The first-order chi connectivity index (χ1) is 17.8. The highest BCUT2D eigenvalue weighted by Crippen LogP contribution is 2.48. The molecule has 1 N–H and O–H groups in total. The Bertz CT molecular complexity index is 1230. The molecule has 0 spiro atoms. The third-order valence-corrected chi connectivity index (χ3v) is 7.09. The van der Waals surface area contributed by atoms with Gasteiger partial charge in [-0.2, -0.15) is 0 Å². The third-order valence-electron chi connectivity index (χ3n) is 7.09. The van der Waals surface area contributed by atoms with Gasteiger partial charge in [0.25, 0.3) is 0 Å². The van der Waals surface area contributed by atoms with Gasteiger partial charge in [-0.05, 0) is 90.7 Å². The largest absolute Gasteiger partial charge is 0.493 e. The first-order valence-corrected chi connectivity index (χ1v) is 12.3. The van der Waals surface area contributed by atoms with Crippen molar-refractivity contribution in [2.75, 3.05) is 55.7 Å². The molecule has 1 unspecified atom stereocenters. The number of carbonyl (C=O) groups is 1. The number of ether oxygens (including phenoxy) is 5. The molecule has 1 fully saturated rings. The lowest BCUT2D eigenvalue weighted by Crippen LogP contribution is -2.36. The molecule has 8 nitrogen and oxygen atoms in total. The maximum atomic E-state index is 13.1. The lowest BCUT2D eigenvalue weighted by molar-refractivity contribution is -0.120. The van der Waals surface area contributed by atoms with E-state index in [4.69, 9.17) is 23.7 Å². The minimum atomic E-state index is 0. The zero-order valence-corrected chi connectivity index (χ0v) is 23.9. The second-order valence-corrected chi connectivity index (χ2v) is 9.37. The molecule has 9 heteroatoms. The average molecular weight is 545 g/mol. The molecule has 0 aromatic heterocycles. The van der Waals surface area contributed by atoms with Gasteiger partial charge in [-0.25, -0.2) is 0 Å². The quantitative estimate of drug-likeness (QED) is 0.490. The number of halogens is 1. The number of likely N-dealkylation sites (tertiary alicyclic amines) is 1. The highest BCUT2D eigenvalue weighted by molar-refractivity contribution is 6.09. The molecule has 1 amide bonds. The maximum absolute atomic E-state index is 13.1. The Labute approximate surface area is 230 Å². The summed E-state index contributed by atoms with van der Waals surface area (Å²) in [6, 6.07) is 7.92. The van der Waals surface area contributed by atoms with Crippen LogP contribution in [0.2, 0.25) is 0 Å². The molecule has 206 valence electrons. The Balaban J connectivity index is 0.00000400. The van der Waals surface area contributed by atoms with Crippen molar-refractivity contribution in [3.8, 4) is 28.7 Å². The molecule has 0 radical (unpaired) electrons. The van der Waals surface area contributed by atoms with Gasteiger partial charge in [-0.15, -0.1) is 12.4 Å². The van der Waals surface area contributed by atoms with E-state index in [0.717, 1.165) is 52.9 Å². The van der Waals surface area contributed by atoms with Crippen LogP contribution in [-0.4, -0.2) is 72.5 Å². The fourth-order valence-corrected chi connectivity index (χ4v) is 5.18. The number of likely N-dealkylation sites (N-methyl/N-ethyl adjacent to an activating group) is 1. The maximum Gasteiger partial charge on any atom is 0.224 e. The Morgan fingerprint density at radius 1 is 0.921 bits per heavy atom. The molecule has 1 aliphatic heterocycles. The van der Waals surface area contributed by atoms with E-state index in [1.165, 1.54) is 0 Å². The van der Waals surface area contributed by atoms with Crippen molar-refractivity contribution in [2.24, 2.45) is 0 Å². The number of fused-ring (bicyclic) bond motifs is 1. The van der Waals surface area contributed by atoms with E-state index in [0.29, 0.717) is 28.7 Å². The summed E-state index contributed by atoms with van der Waals surface area (Å²) in [5, 5.41) is 3.21. The molecule has 38 heavy (non-hydrogen) atoms. The normalized spacial score (nSPS) is 17.7. The van der Waals surface area contributed by atoms with Crippen LogP contribution in [0.5, 0.6) is 28.7 Å². The number of nitrogens with zero attached hydrogens (tertiary/aromatic N) is 1. The summed E-state index contributed by atoms with van der Waals surface area (Å²) in [6.07, 6.45) is 3.32. The second kappa shape index (κ2) is 12.5. The van der Waals surface area contributed by atoms with Crippen LogP contribution in [-0.2, 0) is 4.79 Å². The third kappa shape index (κ3) is 5.71. The molecule has 2 aliphatic rings. The lowest BCUT2D eigenvalue weighted by atomic mass is 9.99. The van der Waals surface area contributed by atoms with Crippen molar-refractivity contribution in [2.45, 2.75) is 25.8 Å². The number of allylic oxidation sites excluding steroid dienone is 2. The molecule has 0 saturated carbocycles. The summed E-state index contributed by atoms with van der Waals surface area (Å²) in [6.45, 7) is 3.92. The molecule has 1 heterocycles.